The minimum absolute atomic E-state index is 0.00671. The summed E-state index contributed by atoms with van der Waals surface area (Å²) in [5.74, 6) is 0.681. The number of pyridine rings is 1. The number of carbonyl (C=O) groups is 1. The van der Waals surface area contributed by atoms with Gasteiger partial charge in [-0.1, -0.05) is 17.8 Å². The second kappa shape index (κ2) is 9.89. The van der Waals surface area contributed by atoms with Crippen LogP contribution in [0.15, 0.2) is 17.0 Å². The molecule has 15 heteroatoms. The number of halogens is 2. The summed E-state index contributed by atoms with van der Waals surface area (Å²) >= 11 is 0.808. The molecule has 1 N–H and O–H groups in total. The van der Waals surface area contributed by atoms with Gasteiger partial charge in [-0.3, -0.25) is 4.79 Å². The van der Waals surface area contributed by atoms with Gasteiger partial charge in [0.25, 0.3) is 12.3 Å². The van der Waals surface area contributed by atoms with Crippen LogP contribution < -0.4 is 9.62 Å². The molecule has 4 aliphatic rings. The van der Waals surface area contributed by atoms with E-state index in [9.17, 15) is 22.0 Å². The molecule has 0 radical (unpaired) electrons. The molecule has 4 heterocycles. The van der Waals surface area contributed by atoms with Crippen LogP contribution in [0.2, 0.25) is 0 Å². The molecule has 11 nitrogen and oxygen atoms in total. The van der Waals surface area contributed by atoms with Crippen molar-refractivity contribution in [2.24, 2.45) is 0 Å². The number of methoxy groups -OCH3 is 1. The Balaban J connectivity index is 1.33. The van der Waals surface area contributed by atoms with Crippen molar-refractivity contribution < 1.29 is 26.7 Å². The minimum atomic E-state index is -3.91. The first-order valence-corrected chi connectivity index (χ1v) is 16.6. The highest BCUT2D eigenvalue weighted by molar-refractivity contribution is 7.89. The number of carbonyl (C=O) groups excluding carboxylic acids is 1. The van der Waals surface area contributed by atoms with Crippen LogP contribution in [0.25, 0.3) is 16.1 Å². The molecule has 0 atom stereocenters. The van der Waals surface area contributed by atoms with E-state index in [4.69, 9.17) is 9.84 Å². The maximum Gasteiger partial charge on any atom is 0.291 e. The molecule has 0 unspecified atom stereocenters. The number of fused-ring (bicyclic) bond motifs is 1. The lowest BCUT2D eigenvalue weighted by Crippen LogP contribution is -2.53. The fourth-order valence-corrected chi connectivity index (χ4v) is 8.09. The topological polar surface area (TPSA) is 122 Å². The van der Waals surface area contributed by atoms with Crippen LogP contribution in [0.4, 0.5) is 14.6 Å². The van der Waals surface area contributed by atoms with Crippen LogP contribution in [0, 0.1) is 0 Å². The van der Waals surface area contributed by atoms with Crippen LogP contribution in [-0.2, 0) is 19.6 Å². The summed E-state index contributed by atoms with van der Waals surface area (Å²) in [6.07, 6.45) is 3.02. The molecule has 1 saturated heterocycles. The Morgan fingerprint density at radius 1 is 1.12 bits per heavy atom. The van der Waals surface area contributed by atoms with Crippen molar-refractivity contribution in [3.8, 4) is 10.6 Å². The Labute approximate surface area is 246 Å². The highest BCUT2D eigenvalue weighted by Gasteiger charge is 2.52. The zero-order valence-electron chi connectivity index (χ0n) is 23.5. The lowest BCUT2D eigenvalue weighted by molar-refractivity contribution is -0.144. The van der Waals surface area contributed by atoms with E-state index in [-0.39, 0.29) is 21.7 Å². The maximum absolute atomic E-state index is 13.7. The van der Waals surface area contributed by atoms with E-state index in [0.717, 1.165) is 49.1 Å². The Morgan fingerprint density at radius 2 is 1.83 bits per heavy atom. The van der Waals surface area contributed by atoms with Gasteiger partial charge in [-0.05, 0) is 51.5 Å². The number of alkyl halides is 2. The summed E-state index contributed by atoms with van der Waals surface area (Å²) in [7, 11) is -2.34. The van der Waals surface area contributed by atoms with Crippen molar-refractivity contribution in [3.05, 3.63) is 22.8 Å². The van der Waals surface area contributed by atoms with Crippen LogP contribution >= 0.6 is 11.3 Å². The van der Waals surface area contributed by atoms with Gasteiger partial charge >= 0.3 is 0 Å². The summed E-state index contributed by atoms with van der Waals surface area (Å²) in [6, 6.07) is 3.20. The van der Waals surface area contributed by atoms with Crippen LogP contribution in [0.1, 0.15) is 74.9 Å². The first kappa shape index (κ1) is 28.0. The highest BCUT2D eigenvalue weighted by Crippen LogP contribution is 2.45. The van der Waals surface area contributed by atoms with Gasteiger partial charge in [0.2, 0.25) is 10.0 Å². The number of hydrogen-bond donors (Lipinski definition) is 1. The van der Waals surface area contributed by atoms with Crippen LogP contribution in [0.3, 0.4) is 0 Å². The van der Waals surface area contributed by atoms with Crippen molar-refractivity contribution in [1.29, 1.82) is 0 Å². The molecule has 4 fully saturated rings. The molecule has 0 bridgehead atoms. The van der Waals surface area contributed by atoms with Crippen LogP contribution in [-0.4, -0.2) is 83.5 Å². The van der Waals surface area contributed by atoms with Gasteiger partial charge in [0.1, 0.15) is 11.4 Å². The first-order chi connectivity index (χ1) is 20.0. The van der Waals surface area contributed by atoms with Crippen molar-refractivity contribution in [2.75, 3.05) is 38.2 Å². The SMILES string of the molecule is COC1(C(=O)N2CCN(c3cc(S(=O)(=O)NC4(C)CC4)cc4c(-c5nnc(C(F)F)s5)c(C5CCC5)nn34)CC2)CC1. The standard InChI is InChI=1S/C27H33F2N7O4S2/c1-26(6-7-26)33-42(38,39)17-14-18-20(23-30-31-24(41-23)22(28)29)21(16-4-3-5-16)32-36(18)19(15-17)34-10-12-35(13-11-34)25(37)27(40-2)8-9-27/h14-16,22,33H,3-13H2,1-2H3. The van der Waals surface area contributed by atoms with E-state index in [2.05, 4.69) is 14.9 Å². The lowest BCUT2D eigenvalue weighted by atomic mass is 9.81. The molecule has 3 saturated carbocycles. The molecule has 3 aromatic heterocycles. The third kappa shape index (κ3) is 4.77. The summed E-state index contributed by atoms with van der Waals surface area (Å²) in [5, 5.41) is 12.7. The molecule has 0 aromatic carbocycles. The molecule has 42 heavy (non-hydrogen) atoms. The fraction of sp³-hybridized carbons (Fsp3) is 0.630. The molecule has 0 spiro atoms. The zero-order chi connectivity index (χ0) is 29.4. The van der Waals surface area contributed by atoms with Gasteiger partial charge < -0.3 is 14.5 Å². The predicted octanol–water partition coefficient (Wildman–Crippen LogP) is 3.72. The number of piperazine rings is 1. The molecule has 226 valence electrons. The Bertz CT molecular complexity index is 1650. The molecular formula is C27H33F2N7O4S2. The second-order valence-electron chi connectivity index (χ2n) is 12.1. The largest absolute Gasteiger partial charge is 0.368 e. The molecular weight excluding hydrogens is 588 g/mol. The zero-order valence-corrected chi connectivity index (χ0v) is 25.1. The Hall–Kier alpha value is -2.75. The molecule has 3 aromatic rings. The quantitative estimate of drug-likeness (QED) is 0.384. The molecule has 3 aliphatic carbocycles. The predicted molar refractivity (Wildman–Crippen MR) is 151 cm³/mol. The van der Waals surface area contributed by atoms with E-state index in [1.807, 2.05) is 16.7 Å². The number of aromatic nitrogens is 4. The summed E-state index contributed by atoms with van der Waals surface area (Å²) in [6.45, 7) is 3.72. The number of nitrogens with one attached hydrogen (secondary N) is 1. The summed E-state index contributed by atoms with van der Waals surface area (Å²) in [4.78, 5) is 17.0. The van der Waals surface area contributed by atoms with Crippen molar-refractivity contribution in [3.63, 3.8) is 0 Å². The van der Waals surface area contributed by atoms with E-state index < -0.39 is 27.6 Å². The molecule has 1 amide bonds. The summed E-state index contributed by atoms with van der Waals surface area (Å²) < 4.78 is 64.4. The van der Waals surface area contributed by atoms with Gasteiger partial charge in [0, 0.05) is 50.8 Å². The average molecular weight is 622 g/mol. The monoisotopic (exact) mass is 621 g/mol. The van der Waals surface area contributed by atoms with Crippen molar-refractivity contribution >= 4 is 38.6 Å². The number of rotatable bonds is 9. The summed E-state index contributed by atoms with van der Waals surface area (Å²) in [5.41, 5.74) is 0.581. The van der Waals surface area contributed by atoms with Crippen LogP contribution in [0.5, 0.6) is 0 Å². The fourth-order valence-electron chi connectivity index (χ4n) is 5.83. The Kier molecular flexibility index (Phi) is 6.61. The lowest BCUT2D eigenvalue weighted by Gasteiger charge is -2.37. The number of hydrogen-bond acceptors (Lipinski definition) is 9. The number of anilines is 1. The van der Waals surface area contributed by atoms with Gasteiger partial charge in [0.15, 0.2) is 10.0 Å². The second-order valence-corrected chi connectivity index (χ2v) is 14.8. The van der Waals surface area contributed by atoms with E-state index >= 15 is 0 Å². The van der Waals surface area contributed by atoms with Crippen molar-refractivity contribution in [1.82, 2.24) is 29.4 Å². The number of ether oxygens (including phenoxy) is 1. The third-order valence-electron chi connectivity index (χ3n) is 9.12. The maximum atomic E-state index is 13.7. The molecule has 7 rings (SSSR count). The smallest absolute Gasteiger partial charge is 0.291 e. The number of amides is 1. The normalized spacial score (nSPS) is 21.6. The van der Waals surface area contributed by atoms with Gasteiger partial charge in [-0.15, -0.1) is 10.2 Å². The van der Waals surface area contributed by atoms with Gasteiger partial charge in [-0.25, -0.2) is 26.4 Å². The minimum Gasteiger partial charge on any atom is -0.368 e. The van der Waals surface area contributed by atoms with Gasteiger partial charge in [0.05, 0.1) is 21.7 Å². The molecule has 1 aliphatic heterocycles. The van der Waals surface area contributed by atoms with E-state index in [0.29, 0.717) is 60.9 Å². The average Bonchev–Trinajstić information content (AvgIpc) is 3.78. The first-order valence-electron chi connectivity index (χ1n) is 14.3. The Morgan fingerprint density at radius 3 is 2.38 bits per heavy atom. The van der Waals surface area contributed by atoms with E-state index in [1.54, 1.807) is 23.8 Å². The number of sulfonamides is 1. The number of nitrogens with zero attached hydrogens (tertiary/aromatic N) is 6. The van der Waals surface area contributed by atoms with Crippen molar-refractivity contribution in [2.45, 2.75) is 80.2 Å². The van der Waals surface area contributed by atoms with E-state index in [1.165, 1.54) is 0 Å². The third-order valence-corrected chi connectivity index (χ3v) is 11.7. The van der Waals surface area contributed by atoms with Gasteiger partial charge in [-0.2, -0.15) is 5.10 Å². The highest BCUT2D eigenvalue weighted by atomic mass is 32.2.